The molecular formula is C15H25NO4S. The van der Waals surface area contributed by atoms with Crippen LogP contribution in [0.1, 0.15) is 38.2 Å². The smallest absolute Gasteiger partial charge is 0.294 e. The molecule has 1 aromatic carbocycles. The molecule has 21 heavy (non-hydrogen) atoms. The van der Waals surface area contributed by atoms with Crippen molar-refractivity contribution in [2.45, 2.75) is 50.0 Å². The first kappa shape index (κ1) is 18.1. The zero-order valence-electron chi connectivity index (χ0n) is 12.6. The minimum Gasteiger partial charge on any atom is -0.390 e. The van der Waals surface area contributed by atoms with Gasteiger partial charge in [0.1, 0.15) is 0 Å². The van der Waals surface area contributed by atoms with E-state index in [1.807, 2.05) is 13.8 Å². The second-order valence-electron chi connectivity index (χ2n) is 5.96. The van der Waals surface area contributed by atoms with Gasteiger partial charge >= 0.3 is 0 Å². The van der Waals surface area contributed by atoms with Crippen molar-refractivity contribution in [1.29, 1.82) is 0 Å². The fraction of sp³-hybridized carbons (Fsp3) is 0.600. The number of aryl methyl sites for hydroxylation is 1. The Bertz CT molecular complexity index is 527. The van der Waals surface area contributed by atoms with Gasteiger partial charge in [-0.25, -0.2) is 0 Å². The first-order chi connectivity index (χ1) is 9.64. The molecule has 0 bridgehead atoms. The number of hydrogen-bond acceptors (Lipinski definition) is 4. The third-order valence-electron chi connectivity index (χ3n) is 3.83. The van der Waals surface area contributed by atoms with Gasteiger partial charge in [-0.1, -0.05) is 17.7 Å². The van der Waals surface area contributed by atoms with E-state index in [0.29, 0.717) is 5.92 Å². The number of nitrogens with two attached hydrogens (primary N) is 1. The molecule has 2 rings (SSSR count). The molecule has 0 aromatic heterocycles. The second-order valence-corrected chi connectivity index (χ2v) is 7.39. The molecule has 0 amide bonds. The van der Waals surface area contributed by atoms with Gasteiger partial charge in [-0.15, -0.1) is 0 Å². The van der Waals surface area contributed by atoms with E-state index >= 15 is 0 Å². The van der Waals surface area contributed by atoms with Crippen LogP contribution in [0.25, 0.3) is 0 Å². The molecule has 5 nitrogen and oxygen atoms in total. The maximum absolute atomic E-state index is 10.5. The Morgan fingerprint density at radius 2 is 1.71 bits per heavy atom. The molecule has 0 heterocycles. The van der Waals surface area contributed by atoms with E-state index in [1.165, 1.54) is 12.1 Å². The van der Waals surface area contributed by atoms with Crippen LogP contribution >= 0.6 is 0 Å². The van der Waals surface area contributed by atoms with Crippen LogP contribution in [-0.2, 0) is 10.1 Å². The fourth-order valence-electron chi connectivity index (χ4n) is 2.25. The lowest BCUT2D eigenvalue weighted by Gasteiger charge is -2.32. The van der Waals surface area contributed by atoms with Gasteiger partial charge in [-0.05, 0) is 64.1 Å². The van der Waals surface area contributed by atoms with Crippen LogP contribution in [-0.4, -0.2) is 30.2 Å². The highest BCUT2D eigenvalue weighted by molar-refractivity contribution is 7.85. The topological polar surface area (TPSA) is 101 Å². The Kier molecular flexibility index (Phi) is 6.34. The Hall–Kier alpha value is -0.950. The highest BCUT2D eigenvalue weighted by atomic mass is 32.2. The van der Waals surface area contributed by atoms with Gasteiger partial charge in [-0.3, -0.25) is 4.55 Å². The Labute approximate surface area is 126 Å². The van der Waals surface area contributed by atoms with Crippen LogP contribution in [0, 0.1) is 12.8 Å². The highest BCUT2D eigenvalue weighted by Gasteiger charge is 2.27. The Morgan fingerprint density at radius 3 is 2.10 bits per heavy atom. The molecule has 6 heteroatoms. The summed E-state index contributed by atoms with van der Waals surface area (Å²) in [6.45, 7) is 4.55. The van der Waals surface area contributed by atoms with Crippen molar-refractivity contribution >= 4 is 10.1 Å². The molecule has 0 aliphatic heterocycles. The summed E-state index contributed by atoms with van der Waals surface area (Å²) in [4.78, 5) is -0.0666. The summed E-state index contributed by atoms with van der Waals surface area (Å²) < 4.78 is 29.6. The van der Waals surface area contributed by atoms with Crippen LogP contribution < -0.4 is 5.73 Å². The SMILES string of the molecule is C[C@]1(O)CC[C@@H](CN)CC1.Cc1ccc(S(=O)(=O)O)cc1. The number of benzene rings is 1. The molecule has 1 saturated carbocycles. The lowest BCUT2D eigenvalue weighted by atomic mass is 9.80. The van der Waals surface area contributed by atoms with Gasteiger partial charge in [-0.2, -0.15) is 8.42 Å². The number of hydrogen-bond donors (Lipinski definition) is 3. The van der Waals surface area contributed by atoms with E-state index in [-0.39, 0.29) is 4.90 Å². The summed E-state index contributed by atoms with van der Waals surface area (Å²) in [6, 6.07) is 5.99. The van der Waals surface area contributed by atoms with Crippen molar-refractivity contribution in [3.63, 3.8) is 0 Å². The van der Waals surface area contributed by atoms with Crippen LogP contribution in [0.3, 0.4) is 0 Å². The minimum atomic E-state index is -4.02. The van der Waals surface area contributed by atoms with Crippen molar-refractivity contribution in [2.75, 3.05) is 6.54 Å². The molecule has 0 atom stereocenters. The molecule has 1 aliphatic rings. The Balaban J connectivity index is 0.000000211. The molecule has 1 aromatic rings. The number of rotatable bonds is 2. The molecule has 120 valence electrons. The second kappa shape index (κ2) is 7.35. The van der Waals surface area contributed by atoms with E-state index in [0.717, 1.165) is 37.8 Å². The fourth-order valence-corrected chi connectivity index (χ4v) is 2.73. The molecule has 0 radical (unpaired) electrons. The molecule has 0 spiro atoms. The van der Waals surface area contributed by atoms with Gasteiger partial charge < -0.3 is 10.8 Å². The zero-order chi connectivity index (χ0) is 16.1. The highest BCUT2D eigenvalue weighted by Crippen LogP contribution is 2.30. The van der Waals surface area contributed by atoms with Gasteiger partial charge in [0.15, 0.2) is 0 Å². The van der Waals surface area contributed by atoms with E-state index in [4.69, 9.17) is 10.3 Å². The molecular weight excluding hydrogens is 290 g/mol. The molecule has 1 aliphatic carbocycles. The average Bonchev–Trinajstić information content (AvgIpc) is 2.39. The molecule has 0 saturated heterocycles. The van der Waals surface area contributed by atoms with Crippen molar-refractivity contribution in [2.24, 2.45) is 11.7 Å². The monoisotopic (exact) mass is 315 g/mol. The summed E-state index contributed by atoms with van der Waals surface area (Å²) >= 11 is 0. The lowest BCUT2D eigenvalue weighted by molar-refractivity contribution is 0.00927. The van der Waals surface area contributed by atoms with Crippen LogP contribution in [0.4, 0.5) is 0 Å². The largest absolute Gasteiger partial charge is 0.390 e. The number of aliphatic hydroxyl groups is 1. The molecule has 0 unspecified atom stereocenters. The predicted molar refractivity (Wildman–Crippen MR) is 82.6 cm³/mol. The zero-order valence-corrected chi connectivity index (χ0v) is 13.4. The summed E-state index contributed by atoms with van der Waals surface area (Å²) in [5, 5.41) is 9.55. The summed E-state index contributed by atoms with van der Waals surface area (Å²) in [5.41, 5.74) is 6.07. The van der Waals surface area contributed by atoms with Crippen molar-refractivity contribution in [1.82, 2.24) is 0 Å². The van der Waals surface area contributed by atoms with Crippen LogP contribution in [0.5, 0.6) is 0 Å². The first-order valence-corrected chi connectivity index (χ1v) is 8.55. The van der Waals surface area contributed by atoms with Crippen LogP contribution in [0.15, 0.2) is 29.2 Å². The van der Waals surface area contributed by atoms with E-state index in [1.54, 1.807) is 12.1 Å². The minimum absolute atomic E-state index is 0.0666. The van der Waals surface area contributed by atoms with Gasteiger partial charge in [0.2, 0.25) is 0 Å². The normalized spacial score (nSPS) is 25.9. The third-order valence-corrected chi connectivity index (χ3v) is 4.70. The van der Waals surface area contributed by atoms with E-state index in [9.17, 15) is 13.5 Å². The molecule has 1 fully saturated rings. The maximum atomic E-state index is 10.5. The first-order valence-electron chi connectivity index (χ1n) is 7.11. The summed E-state index contributed by atoms with van der Waals surface area (Å²) in [5.74, 6) is 0.667. The van der Waals surface area contributed by atoms with Crippen molar-refractivity contribution in [3.05, 3.63) is 29.8 Å². The standard InChI is InChI=1S/C8H17NO.C7H8O3S/c1-8(10)4-2-7(6-9)3-5-8;1-6-2-4-7(5-3-6)11(8,9)10/h7,10H,2-6,9H2,1H3;2-5H,1H3,(H,8,9,10)/t7-,8+;. The predicted octanol–water partition coefficient (Wildman–Crippen LogP) is 2.13. The quantitative estimate of drug-likeness (QED) is 0.726. The Morgan fingerprint density at radius 1 is 1.24 bits per heavy atom. The van der Waals surface area contributed by atoms with Crippen LogP contribution in [0.2, 0.25) is 0 Å². The van der Waals surface area contributed by atoms with E-state index in [2.05, 4.69) is 0 Å². The van der Waals surface area contributed by atoms with E-state index < -0.39 is 15.7 Å². The van der Waals surface area contributed by atoms with Crippen molar-refractivity contribution < 1.29 is 18.1 Å². The maximum Gasteiger partial charge on any atom is 0.294 e. The lowest BCUT2D eigenvalue weighted by Crippen LogP contribution is -2.32. The molecule has 4 N–H and O–H groups in total. The van der Waals surface area contributed by atoms with Crippen molar-refractivity contribution in [3.8, 4) is 0 Å². The van der Waals surface area contributed by atoms with Gasteiger partial charge in [0, 0.05) is 0 Å². The van der Waals surface area contributed by atoms with Gasteiger partial charge in [0.05, 0.1) is 10.5 Å². The summed E-state index contributed by atoms with van der Waals surface area (Å²) in [6.07, 6.45) is 4.05. The third kappa shape index (κ3) is 6.56. The summed E-state index contributed by atoms with van der Waals surface area (Å²) in [7, 11) is -4.02. The van der Waals surface area contributed by atoms with Gasteiger partial charge in [0.25, 0.3) is 10.1 Å². The average molecular weight is 315 g/mol.